The lowest BCUT2D eigenvalue weighted by Gasteiger charge is -2.06. The van der Waals surface area contributed by atoms with E-state index < -0.39 is 5.82 Å². The highest BCUT2D eigenvalue weighted by molar-refractivity contribution is 6.09. The number of carbonyl (C=O) groups is 1. The fraction of sp³-hybridized carbons (Fsp3) is 0. The number of para-hydroxylation sites is 1. The van der Waals surface area contributed by atoms with Crippen molar-refractivity contribution in [3.63, 3.8) is 0 Å². The third-order valence-electron chi connectivity index (χ3n) is 3.16. The Bertz CT molecular complexity index is 739. The van der Waals surface area contributed by atoms with Crippen molar-refractivity contribution in [2.75, 3.05) is 5.32 Å². The fourth-order valence-electron chi connectivity index (χ4n) is 2.16. The summed E-state index contributed by atoms with van der Waals surface area (Å²) in [7, 11) is 0. The van der Waals surface area contributed by atoms with Crippen LogP contribution in [-0.4, -0.2) is 5.91 Å². The Labute approximate surface area is 116 Å². The monoisotopic (exact) mass is 265 g/mol. The smallest absolute Gasteiger partial charge is 0.256 e. The molecule has 1 aromatic carbocycles. The number of benzene rings is 1. The van der Waals surface area contributed by atoms with E-state index in [-0.39, 0.29) is 11.6 Å². The zero-order valence-corrected chi connectivity index (χ0v) is 10.6. The standard InChI is InChI=1S/C17H12FNO/c18-15-8-4-5-9-16(15)19-17(20)14-11-10-12-6-2-1-3-7-13(12)14/h1-11H,(H,19,20). The second kappa shape index (κ2) is 5.13. The Morgan fingerprint density at radius 2 is 1.60 bits per heavy atom. The first-order chi connectivity index (χ1) is 9.75. The summed E-state index contributed by atoms with van der Waals surface area (Å²) in [6.07, 6.45) is 0. The summed E-state index contributed by atoms with van der Waals surface area (Å²) < 4.78 is 13.6. The number of rotatable bonds is 2. The number of anilines is 1. The molecule has 0 aromatic heterocycles. The molecule has 2 aliphatic carbocycles. The molecule has 0 heterocycles. The largest absolute Gasteiger partial charge is 0.319 e. The van der Waals surface area contributed by atoms with E-state index in [2.05, 4.69) is 5.32 Å². The number of fused-ring (bicyclic) bond motifs is 1. The van der Waals surface area contributed by atoms with Crippen LogP contribution < -0.4 is 5.32 Å². The van der Waals surface area contributed by atoms with Crippen LogP contribution in [0, 0.1) is 5.82 Å². The van der Waals surface area contributed by atoms with Crippen LogP contribution >= 0.6 is 0 Å². The minimum absolute atomic E-state index is 0.187. The Kier molecular flexibility index (Phi) is 3.17. The number of hydrogen-bond acceptors (Lipinski definition) is 1. The second-order valence-electron chi connectivity index (χ2n) is 4.46. The number of hydrogen-bond donors (Lipinski definition) is 1. The molecule has 0 spiro atoms. The molecule has 0 unspecified atom stereocenters. The average Bonchev–Trinajstić information content (AvgIpc) is 2.71. The van der Waals surface area contributed by atoms with E-state index in [9.17, 15) is 9.18 Å². The minimum Gasteiger partial charge on any atom is -0.319 e. The van der Waals surface area contributed by atoms with Gasteiger partial charge < -0.3 is 5.32 Å². The van der Waals surface area contributed by atoms with Crippen molar-refractivity contribution in [3.05, 3.63) is 78.1 Å². The molecule has 0 saturated carbocycles. The van der Waals surface area contributed by atoms with Gasteiger partial charge in [0.05, 0.1) is 5.69 Å². The van der Waals surface area contributed by atoms with Crippen molar-refractivity contribution in [1.29, 1.82) is 0 Å². The lowest BCUT2D eigenvalue weighted by Crippen LogP contribution is -2.12. The van der Waals surface area contributed by atoms with Gasteiger partial charge in [-0.3, -0.25) is 4.79 Å². The van der Waals surface area contributed by atoms with Gasteiger partial charge in [0.15, 0.2) is 0 Å². The number of halogens is 1. The first kappa shape index (κ1) is 12.4. The molecule has 2 aliphatic rings. The molecular formula is C17H12FNO. The molecule has 0 atom stereocenters. The first-order valence-electron chi connectivity index (χ1n) is 6.29. The highest BCUT2D eigenvalue weighted by Crippen LogP contribution is 2.27. The molecule has 0 bridgehead atoms. The Morgan fingerprint density at radius 3 is 2.45 bits per heavy atom. The van der Waals surface area contributed by atoms with Gasteiger partial charge in [0.1, 0.15) is 5.82 Å². The number of carbonyl (C=O) groups excluding carboxylic acids is 1. The van der Waals surface area contributed by atoms with E-state index in [1.54, 1.807) is 24.3 Å². The van der Waals surface area contributed by atoms with Gasteiger partial charge in [-0.2, -0.15) is 0 Å². The third-order valence-corrected chi connectivity index (χ3v) is 3.16. The molecule has 0 aliphatic heterocycles. The van der Waals surface area contributed by atoms with Crippen molar-refractivity contribution in [2.45, 2.75) is 0 Å². The molecule has 2 nitrogen and oxygen atoms in total. The summed E-state index contributed by atoms with van der Waals surface area (Å²) in [5.41, 5.74) is 2.56. The van der Waals surface area contributed by atoms with Gasteiger partial charge >= 0.3 is 0 Å². The van der Waals surface area contributed by atoms with Gasteiger partial charge in [-0.25, -0.2) is 4.39 Å². The maximum atomic E-state index is 13.6. The van der Waals surface area contributed by atoms with E-state index in [1.165, 1.54) is 6.07 Å². The summed E-state index contributed by atoms with van der Waals surface area (Å²) >= 11 is 0. The van der Waals surface area contributed by atoms with Crippen LogP contribution in [0.2, 0.25) is 0 Å². The predicted octanol–water partition coefficient (Wildman–Crippen LogP) is 4.18. The first-order valence-corrected chi connectivity index (χ1v) is 6.29. The Morgan fingerprint density at radius 1 is 0.850 bits per heavy atom. The van der Waals surface area contributed by atoms with Crippen molar-refractivity contribution in [3.8, 4) is 11.1 Å². The number of nitrogens with one attached hydrogen (secondary N) is 1. The van der Waals surface area contributed by atoms with Crippen molar-refractivity contribution < 1.29 is 9.18 Å². The quantitative estimate of drug-likeness (QED) is 0.739. The SMILES string of the molecule is O=C(Nc1ccccc1F)c1ccc2cccccc1-2. The maximum absolute atomic E-state index is 13.6. The van der Waals surface area contributed by atoms with Gasteiger partial charge in [-0.05, 0) is 29.3 Å². The van der Waals surface area contributed by atoms with Crippen molar-refractivity contribution >= 4 is 11.6 Å². The lowest BCUT2D eigenvalue weighted by molar-refractivity contribution is 0.102. The molecule has 1 amide bonds. The summed E-state index contributed by atoms with van der Waals surface area (Å²) in [4.78, 5) is 12.3. The topological polar surface area (TPSA) is 29.1 Å². The third kappa shape index (κ3) is 2.26. The molecule has 0 fully saturated rings. The van der Waals surface area contributed by atoms with Gasteiger partial charge in [-0.1, -0.05) is 48.5 Å². The highest BCUT2D eigenvalue weighted by atomic mass is 19.1. The Balaban J connectivity index is 1.93. The van der Waals surface area contributed by atoms with Crippen LogP contribution in [-0.2, 0) is 0 Å². The highest BCUT2D eigenvalue weighted by Gasteiger charge is 2.15. The molecule has 1 aromatic rings. The van der Waals surface area contributed by atoms with Crippen LogP contribution in [0.5, 0.6) is 0 Å². The van der Waals surface area contributed by atoms with E-state index >= 15 is 0 Å². The lowest BCUT2D eigenvalue weighted by atomic mass is 10.1. The van der Waals surface area contributed by atoms with E-state index in [0.717, 1.165) is 11.1 Å². The molecule has 0 radical (unpaired) electrons. The maximum Gasteiger partial charge on any atom is 0.256 e. The van der Waals surface area contributed by atoms with Gasteiger partial charge in [-0.15, -0.1) is 0 Å². The molecule has 1 N–H and O–H groups in total. The molecule has 98 valence electrons. The van der Waals surface area contributed by atoms with E-state index in [4.69, 9.17) is 0 Å². The van der Waals surface area contributed by atoms with Crippen LogP contribution in [0.25, 0.3) is 11.1 Å². The summed E-state index contributed by atoms with van der Waals surface area (Å²) in [5.74, 6) is -0.751. The van der Waals surface area contributed by atoms with Crippen LogP contribution in [0.15, 0.2) is 66.7 Å². The van der Waals surface area contributed by atoms with Gasteiger partial charge in [0.25, 0.3) is 5.91 Å². The predicted molar refractivity (Wildman–Crippen MR) is 77.4 cm³/mol. The molecule has 20 heavy (non-hydrogen) atoms. The fourth-order valence-corrected chi connectivity index (χ4v) is 2.16. The van der Waals surface area contributed by atoms with Crippen molar-refractivity contribution in [2.24, 2.45) is 0 Å². The van der Waals surface area contributed by atoms with E-state index in [0.29, 0.717) is 5.56 Å². The zero-order valence-electron chi connectivity index (χ0n) is 10.6. The van der Waals surface area contributed by atoms with Crippen LogP contribution in [0.4, 0.5) is 10.1 Å². The van der Waals surface area contributed by atoms with Crippen molar-refractivity contribution in [1.82, 2.24) is 0 Å². The summed E-state index contributed by atoms with van der Waals surface area (Å²) in [6.45, 7) is 0. The summed E-state index contributed by atoms with van der Waals surface area (Å²) in [6, 6.07) is 19.3. The number of amides is 1. The molecular weight excluding hydrogens is 253 g/mol. The molecule has 3 heteroatoms. The van der Waals surface area contributed by atoms with Crippen LogP contribution in [0.3, 0.4) is 0 Å². The minimum atomic E-state index is -0.442. The van der Waals surface area contributed by atoms with E-state index in [1.807, 2.05) is 36.4 Å². The molecule has 0 saturated heterocycles. The summed E-state index contributed by atoms with van der Waals surface area (Å²) in [5, 5.41) is 2.60. The van der Waals surface area contributed by atoms with Gasteiger partial charge in [0.2, 0.25) is 0 Å². The van der Waals surface area contributed by atoms with Gasteiger partial charge in [0, 0.05) is 5.56 Å². The average molecular weight is 265 g/mol. The second-order valence-corrected chi connectivity index (χ2v) is 4.46. The zero-order chi connectivity index (χ0) is 13.9. The Hall–Kier alpha value is -2.68. The van der Waals surface area contributed by atoms with Crippen LogP contribution in [0.1, 0.15) is 10.4 Å². The molecule has 3 rings (SSSR count). The normalized spacial score (nSPS) is 10.4.